The van der Waals surface area contributed by atoms with Gasteiger partial charge in [-0.3, -0.25) is 14.9 Å². The Morgan fingerprint density at radius 2 is 2.00 bits per heavy atom. The molecule has 0 bridgehead atoms. The highest BCUT2D eigenvalue weighted by molar-refractivity contribution is 9.10. The van der Waals surface area contributed by atoms with Crippen LogP contribution in [0.4, 0.5) is 5.13 Å². The minimum Gasteiger partial charge on any atom is -0.497 e. The third-order valence-corrected chi connectivity index (χ3v) is 6.30. The quantitative estimate of drug-likeness (QED) is 0.583. The summed E-state index contributed by atoms with van der Waals surface area (Å²) < 4.78 is 6.18. The zero-order chi connectivity index (χ0) is 21.1. The summed E-state index contributed by atoms with van der Waals surface area (Å²) in [6.45, 7) is 0.536. The molecule has 1 unspecified atom stereocenters. The lowest BCUT2D eigenvalue weighted by Gasteiger charge is -2.23. The van der Waals surface area contributed by atoms with Crippen molar-refractivity contribution in [2.45, 2.75) is 18.9 Å². The SMILES string of the molecule is COc1cccc(C(=O)N2CCCC2C(=O)Nc2nnc(-c3ccc(Br)cc3)s2)c1. The predicted octanol–water partition coefficient (Wildman–Crippen LogP) is 4.22. The molecule has 1 aliphatic heterocycles. The van der Waals surface area contributed by atoms with Gasteiger partial charge in [0.25, 0.3) is 5.91 Å². The molecule has 0 saturated carbocycles. The Bertz CT molecular complexity index is 1070. The van der Waals surface area contributed by atoms with Crippen molar-refractivity contribution in [3.8, 4) is 16.3 Å². The Labute approximate surface area is 186 Å². The van der Waals surface area contributed by atoms with E-state index in [0.717, 1.165) is 16.5 Å². The van der Waals surface area contributed by atoms with Crippen LogP contribution in [0.5, 0.6) is 5.75 Å². The Balaban J connectivity index is 1.46. The molecular weight excluding hydrogens is 468 g/mol. The van der Waals surface area contributed by atoms with E-state index >= 15 is 0 Å². The fraction of sp³-hybridized carbons (Fsp3) is 0.238. The molecular formula is C21H19BrN4O3S. The summed E-state index contributed by atoms with van der Waals surface area (Å²) in [7, 11) is 1.56. The molecule has 2 amide bonds. The monoisotopic (exact) mass is 486 g/mol. The van der Waals surface area contributed by atoms with Gasteiger partial charge in [0.2, 0.25) is 11.0 Å². The highest BCUT2D eigenvalue weighted by Crippen LogP contribution is 2.29. The number of nitrogens with one attached hydrogen (secondary N) is 1. The molecule has 1 saturated heterocycles. The summed E-state index contributed by atoms with van der Waals surface area (Å²) >= 11 is 4.71. The lowest BCUT2D eigenvalue weighted by Crippen LogP contribution is -2.43. The second-order valence-corrected chi connectivity index (χ2v) is 8.69. The first kappa shape index (κ1) is 20.5. The van der Waals surface area contributed by atoms with E-state index in [0.29, 0.717) is 34.4 Å². The first-order valence-corrected chi connectivity index (χ1v) is 11.0. The average molecular weight is 487 g/mol. The van der Waals surface area contributed by atoms with Gasteiger partial charge in [-0.1, -0.05) is 45.5 Å². The second kappa shape index (κ2) is 8.93. The van der Waals surface area contributed by atoms with Crippen molar-refractivity contribution in [3.05, 3.63) is 58.6 Å². The maximum atomic E-state index is 13.0. The third-order valence-electron chi connectivity index (χ3n) is 4.88. The number of benzene rings is 2. The lowest BCUT2D eigenvalue weighted by molar-refractivity contribution is -0.119. The van der Waals surface area contributed by atoms with Gasteiger partial charge in [-0.05, 0) is 43.2 Å². The van der Waals surface area contributed by atoms with Crippen LogP contribution in [0.15, 0.2) is 53.0 Å². The van der Waals surface area contributed by atoms with Gasteiger partial charge in [-0.2, -0.15) is 0 Å². The molecule has 4 rings (SSSR count). The number of ether oxygens (including phenoxy) is 1. The standard InChI is InChI=1S/C21H19BrN4O3S/c1-29-16-5-2-4-14(12-16)20(28)26-11-3-6-17(26)18(27)23-21-25-24-19(30-21)13-7-9-15(22)10-8-13/h2,4-5,7-10,12,17H,3,6,11H2,1H3,(H,23,25,27). The number of likely N-dealkylation sites (tertiary alicyclic amines) is 1. The number of methoxy groups -OCH3 is 1. The molecule has 2 aromatic carbocycles. The number of nitrogens with zero attached hydrogens (tertiary/aromatic N) is 3. The average Bonchev–Trinajstić information content (AvgIpc) is 3.43. The van der Waals surface area contributed by atoms with Gasteiger partial charge >= 0.3 is 0 Å². The third kappa shape index (κ3) is 4.36. The summed E-state index contributed by atoms with van der Waals surface area (Å²) in [4.78, 5) is 27.4. The normalized spacial score (nSPS) is 15.8. The first-order chi connectivity index (χ1) is 14.5. The Hall–Kier alpha value is -2.78. The Kier molecular flexibility index (Phi) is 6.10. The van der Waals surface area contributed by atoms with Crippen molar-refractivity contribution in [2.75, 3.05) is 19.0 Å². The number of anilines is 1. The van der Waals surface area contributed by atoms with Gasteiger partial charge in [0.15, 0.2) is 0 Å². The van der Waals surface area contributed by atoms with Crippen molar-refractivity contribution in [1.29, 1.82) is 0 Å². The van der Waals surface area contributed by atoms with Gasteiger partial charge in [0.1, 0.15) is 16.8 Å². The molecule has 7 nitrogen and oxygen atoms in total. The molecule has 0 radical (unpaired) electrons. The number of hydrogen-bond acceptors (Lipinski definition) is 6. The van der Waals surface area contributed by atoms with Crippen LogP contribution in [0, 0.1) is 0 Å². The van der Waals surface area contributed by atoms with Crippen molar-refractivity contribution in [2.24, 2.45) is 0 Å². The van der Waals surface area contributed by atoms with Crippen LogP contribution in [-0.2, 0) is 4.79 Å². The maximum Gasteiger partial charge on any atom is 0.254 e. The summed E-state index contributed by atoms with van der Waals surface area (Å²) in [6.07, 6.45) is 1.38. The number of carbonyl (C=O) groups excluding carboxylic acids is 2. The zero-order valence-electron chi connectivity index (χ0n) is 16.2. The highest BCUT2D eigenvalue weighted by atomic mass is 79.9. The number of halogens is 1. The number of aromatic nitrogens is 2. The molecule has 3 aromatic rings. The molecule has 1 N–H and O–H groups in total. The van der Waals surface area contributed by atoms with Crippen LogP contribution < -0.4 is 10.1 Å². The molecule has 0 aliphatic carbocycles. The minimum atomic E-state index is -0.538. The lowest BCUT2D eigenvalue weighted by atomic mass is 10.1. The minimum absolute atomic E-state index is 0.181. The molecule has 1 fully saturated rings. The Morgan fingerprint density at radius 1 is 1.20 bits per heavy atom. The van der Waals surface area contributed by atoms with Crippen LogP contribution in [0.2, 0.25) is 0 Å². The van der Waals surface area contributed by atoms with E-state index < -0.39 is 6.04 Å². The van der Waals surface area contributed by atoms with Crippen LogP contribution in [0.1, 0.15) is 23.2 Å². The van der Waals surface area contributed by atoms with E-state index in [-0.39, 0.29) is 11.8 Å². The van der Waals surface area contributed by atoms with Crippen molar-refractivity contribution in [3.63, 3.8) is 0 Å². The smallest absolute Gasteiger partial charge is 0.254 e. The van der Waals surface area contributed by atoms with Crippen molar-refractivity contribution in [1.82, 2.24) is 15.1 Å². The number of hydrogen-bond donors (Lipinski definition) is 1. The molecule has 30 heavy (non-hydrogen) atoms. The molecule has 1 atom stereocenters. The fourth-order valence-electron chi connectivity index (χ4n) is 3.38. The van der Waals surface area contributed by atoms with E-state index in [1.807, 2.05) is 24.3 Å². The van der Waals surface area contributed by atoms with Crippen LogP contribution in [-0.4, -0.2) is 46.6 Å². The molecule has 2 heterocycles. The molecule has 9 heteroatoms. The van der Waals surface area contributed by atoms with E-state index in [1.54, 1.807) is 36.3 Å². The molecule has 154 valence electrons. The molecule has 1 aromatic heterocycles. The Morgan fingerprint density at radius 3 is 2.77 bits per heavy atom. The van der Waals surface area contributed by atoms with Gasteiger partial charge in [0.05, 0.1) is 7.11 Å². The van der Waals surface area contributed by atoms with E-state index in [4.69, 9.17) is 4.74 Å². The van der Waals surface area contributed by atoms with Gasteiger partial charge in [-0.25, -0.2) is 0 Å². The van der Waals surface area contributed by atoms with E-state index in [9.17, 15) is 9.59 Å². The predicted molar refractivity (Wildman–Crippen MR) is 119 cm³/mol. The van der Waals surface area contributed by atoms with Gasteiger partial charge in [-0.15, -0.1) is 10.2 Å². The number of rotatable bonds is 5. The van der Waals surface area contributed by atoms with Gasteiger partial charge in [0, 0.05) is 22.1 Å². The largest absolute Gasteiger partial charge is 0.497 e. The first-order valence-electron chi connectivity index (χ1n) is 9.40. The zero-order valence-corrected chi connectivity index (χ0v) is 18.6. The van der Waals surface area contributed by atoms with Crippen LogP contribution in [0.3, 0.4) is 0 Å². The second-order valence-electron chi connectivity index (χ2n) is 6.80. The molecule has 0 spiro atoms. The molecule has 1 aliphatic rings. The summed E-state index contributed by atoms with van der Waals surface area (Å²) in [6, 6.07) is 14.1. The highest BCUT2D eigenvalue weighted by Gasteiger charge is 2.35. The van der Waals surface area contributed by atoms with Gasteiger partial charge < -0.3 is 9.64 Å². The summed E-state index contributed by atoms with van der Waals surface area (Å²) in [5.74, 6) is 0.178. The van der Waals surface area contributed by atoms with Crippen molar-refractivity contribution < 1.29 is 14.3 Å². The van der Waals surface area contributed by atoms with Crippen LogP contribution in [0.25, 0.3) is 10.6 Å². The number of carbonyl (C=O) groups is 2. The summed E-state index contributed by atoms with van der Waals surface area (Å²) in [5.41, 5.74) is 1.43. The topological polar surface area (TPSA) is 84.4 Å². The number of amides is 2. The van der Waals surface area contributed by atoms with E-state index in [1.165, 1.54) is 11.3 Å². The fourth-order valence-corrected chi connectivity index (χ4v) is 4.39. The summed E-state index contributed by atoms with van der Waals surface area (Å²) in [5, 5.41) is 12.2. The van der Waals surface area contributed by atoms with E-state index in [2.05, 4.69) is 31.4 Å². The van der Waals surface area contributed by atoms with Crippen molar-refractivity contribution >= 4 is 44.2 Å². The maximum absolute atomic E-state index is 13.0. The van der Waals surface area contributed by atoms with Crippen LogP contribution >= 0.6 is 27.3 Å².